The summed E-state index contributed by atoms with van der Waals surface area (Å²) < 4.78 is 0. The molecule has 4 rings (SSSR count). The molecule has 25 heavy (non-hydrogen) atoms. The Labute approximate surface area is 148 Å². The van der Waals surface area contributed by atoms with Crippen LogP contribution in [0.1, 0.15) is 12.5 Å². The summed E-state index contributed by atoms with van der Waals surface area (Å²) in [4.78, 5) is 0. The van der Waals surface area contributed by atoms with Gasteiger partial charge in [0.05, 0.1) is 11.4 Å². The van der Waals surface area contributed by atoms with Crippen LogP contribution >= 0.6 is 0 Å². The normalized spacial score (nSPS) is 17.0. The maximum Gasteiger partial charge on any atom is 0.199 e. The Kier molecular flexibility index (Phi) is 4.09. The average Bonchev–Trinajstić information content (AvgIpc) is 2.70. The second kappa shape index (κ2) is 6.69. The maximum absolute atomic E-state index is 4.82. The molecule has 0 N–H and O–H groups in total. The van der Waals surface area contributed by atoms with Crippen molar-refractivity contribution in [3.8, 4) is 0 Å². The predicted molar refractivity (Wildman–Crippen MR) is 102 cm³/mol. The number of anilines is 2. The molecule has 4 heteroatoms. The summed E-state index contributed by atoms with van der Waals surface area (Å²) in [7, 11) is 0. The number of para-hydroxylation sites is 2. The zero-order valence-corrected chi connectivity index (χ0v) is 14.0. The number of amidine groups is 1. The van der Waals surface area contributed by atoms with Gasteiger partial charge in [0.15, 0.2) is 5.84 Å². The topological polar surface area (TPSA) is 32.9 Å². The van der Waals surface area contributed by atoms with E-state index in [0.29, 0.717) is 5.84 Å². The van der Waals surface area contributed by atoms with E-state index in [1.165, 1.54) is 0 Å². The third-order valence-electron chi connectivity index (χ3n) is 4.19. The lowest BCUT2D eigenvalue weighted by atomic mass is 10.2. The van der Waals surface area contributed by atoms with Crippen LogP contribution in [0.5, 0.6) is 0 Å². The van der Waals surface area contributed by atoms with Crippen molar-refractivity contribution < 1.29 is 0 Å². The van der Waals surface area contributed by atoms with E-state index in [0.717, 1.165) is 16.9 Å². The number of hydrazone groups is 1. The Morgan fingerprint density at radius 2 is 1.12 bits per heavy atom. The van der Waals surface area contributed by atoms with Crippen LogP contribution in [0.3, 0.4) is 0 Å². The van der Waals surface area contributed by atoms with Gasteiger partial charge < -0.3 is 0 Å². The van der Waals surface area contributed by atoms with Gasteiger partial charge in [0, 0.05) is 5.56 Å². The molecule has 0 bridgehead atoms. The first-order valence-corrected chi connectivity index (χ1v) is 8.37. The second-order valence-electron chi connectivity index (χ2n) is 5.88. The number of hydrogen-bond acceptors (Lipinski definition) is 3. The van der Waals surface area contributed by atoms with Crippen LogP contribution in [0.25, 0.3) is 0 Å². The standard InChI is InChI=1S/C21H19N4/c1-17-24(19-13-7-3-8-14-19)22-21(18-11-5-2-6-12-18)23-25(17)20-15-9-4-10-16-20/h2-17H,1H3. The van der Waals surface area contributed by atoms with Crippen molar-refractivity contribution in [3.63, 3.8) is 0 Å². The summed E-state index contributed by atoms with van der Waals surface area (Å²) in [6, 6.07) is 30.5. The van der Waals surface area contributed by atoms with Crippen LogP contribution < -0.4 is 15.4 Å². The summed E-state index contributed by atoms with van der Waals surface area (Å²) in [6.45, 7) is 2.11. The fourth-order valence-corrected chi connectivity index (χ4v) is 2.91. The SMILES string of the molecule is CC1N(c2ccccc2)[N]C(c2ccccc2)=NN1c1ccccc1. The molecular weight excluding hydrogens is 308 g/mol. The lowest BCUT2D eigenvalue weighted by Crippen LogP contribution is -2.55. The quantitative estimate of drug-likeness (QED) is 0.721. The van der Waals surface area contributed by atoms with Crippen molar-refractivity contribution in [1.29, 1.82) is 0 Å². The first kappa shape index (κ1) is 15.3. The van der Waals surface area contributed by atoms with Gasteiger partial charge in [-0.05, 0) is 31.2 Å². The van der Waals surface area contributed by atoms with Crippen molar-refractivity contribution in [2.75, 3.05) is 10.0 Å². The highest BCUT2D eigenvalue weighted by molar-refractivity contribution is 6.00. The molecule has 0 aliphatic carbocycles. The first-order valence-electron chi connectivity index (χ1n) is 8.37. The van der Waals surface area contributed by atoms with Gasteiger partial charge in [-0.3, -0.25) is 0 Å². The molecule has 1 aliphatic heterocycles. The van der Waals surface area contributed by atoms with Crippen LogP contribution in [0.15, 0.2) is 96.1 Å². The molecule has 1 radical (unpaired) electrons. The van der Waals surface area contributed by atoms with Gasteiger partial charge in [-0.1, -0.05) is 66.7 Å². The highest BCUT2D eigenvalue weighted by Crippen LogP contribution is 2.26. The molecule has 1 aliphatic rings. The van der Waals surface area contributed by atoms with Gasteiger partial charge in [0.2, 0.25) is 0 Å². The van der Waals surface area contributed by atoms with E-state index >= 15 is 0 Å². The van der Waals surface area contributed by atoms with Crippen molar-refractivity contribution in [1.82, 2.24) is 5.43 Å². The molecule has 0 saturated carbocycles. The van der Waals surface area contributed by atoms with Gasteiger partial charge in [-0.15, -0.1) is 10.5 Å². The molecule has 1 heterocycles. The molecule has 0 fully saturated rings. The van der Waals surface area contributed by atoms with Crippen LogP contribution in [-0.2, 0) is 0 Å². The summed E-state index contributed by atoms with van der Waals surface area (Å²) in [6.07, 6.45) is -0.0303. The lowest BCUT2D eigenvalue weighted by molar-refractivity contribution is 0.546. The fourth-order valence-electron chi connectivity index (χ4n) is 2.91. The van der Waals surface area contributed by atoms with E-state index in [-0.39, 0.29) is 6.17 Å². The smallest absolute Gasteiger partial charge is 0.199 e. The second-order valence-corrected chi connectivity index (χ2v) is 5.88. The van der Waals surface area contributed by atoms with Gasteiger partial charge in [0.1, 0.15) is 6.17 Å². The van der Waals surface area contributed by atoms with E-state index in [1.807, 2.05) is 76.7 Å². The molecule has 0 aromatic heterocycles. The zero-order chi connectivity index (χ0) is 17.1. The summed E-state index contributed by atoms with van der Waals surface area (Å²) in [5.41, 5.74) is 7.90. The molecule has 0 amide bonds. The molecule has 0 saturated heterocycles. The number of nitrogens with zero attached hydrogens (tertiary/aromatic N) is 4. The van der Waals surface area contributed by atoms with E-state index in [4.69, 9.17) is 10.5 Å². The molecule has 1 unspecified atom stereocenters. The number of rotatable bonds is 3. The minimum absolute atomic E-state index is 0.0303. The Morgan fingerprint density at radius 3 is 1.68 bits per heavy atom. The molecular formula is C21H19N4. The molecule has 0 spiro atoms. The zero-order valence-electron chi connectivity index (χ0n) is 14.0. The monoisotopic (exact) mass is 327 g/mol. The molecule has 123 valence electrons. The fraction of sp³-hybridized carbons (Fsp3) is 0.0952. The highest BCUT2D eigenvalue weighted by Gasteiger charge is 2.30. The van der Waals surface area contributed by atoms with Crippen LogP contribution in [-0.4, -0.2) is 12.0 Å². The van der Waals surface area contributed by atoms with Gasteiger partial charge in [-0.25, -0.2) is 10.0 Å². The van der Waals surface area contributed by atoms with Gasteiger partial charge in [-0.2, -0.15) is 0 Å². The first-order chi connectivity index (χ1) is 12.3. The van der Waals surface area contributed by atoms with Crippen molar-refractivity contribution in [2.24, 2.45) is 5.10 Å². The van der Waals surface area contributed by atoms with Crippen molar-refractivity contribution >= 4 is 17.2 Å². The van der Waals surface area contributed by atoms with E-state index in [9.17, 15) is 0 Å². The average molecular weight is 327 g/mol. The largest absolute Gasteiger partial charge is 0.239 e. The van der Waals surface area contributed by atoms with Gasteiger partial charge >= 0.3 is 0 Å². The minimum Gasteiger partial charge on any atom is -0.239 e. The van der Waals surface area contributed by atoms with E-state index < -0.39 is 0 Å². The van der Waals surface area contributed by atoms with Crippen LogP contribution in [0.2, 0.25) is 0 Å². The minimum atomic E-state index is -0.0303. The number of benzene rings is 3. The van der Waals surface area contributed by atoms with Crippen LogP contribution in [0.4, 0.5) is 11.4 Å². The van der Waals surface area contributed by atoms with Crippen molar-refractivity contribution in [3.05, 3.63) is 96.6 Å². The van der Waals surface area contributed by atoms with Crippen LogP contribution in [0, 0.1) is 0 Å². The molecule has 1 atom stereocenters. The third kappa shape index (κ3) is 3.06. The Bertz CT molecular complexity index is 847. The summed E-state index contributed by atoms with van der Waals surface area (Å²) in [5.74, 6) is 0.700. The number of hydrogen-bond donors (Lipinski definition) is 0. The Hall–Kier alpha value is -3.27. The predicted octanol–water partition coefficient (Wildman–Crippen LogP) is 4.24. The Morgan fingerprint density at radius 1 is 0.640 bits per heavy atom. The summed E-state index contributed by atoms with van der Waals surface area (Å²) in [5, 5.41) is 8.85. The van der Waals surface area contributed by atoms with E-state index in [1.54, 1.807) is 0 Å². The molecule has 3 aromatic rings. The highest BCUT2D eigenvalue weighted by atomic mass is 15.7. The molecule has 4 nitrogen and oxygen atoms in total. The maximum atomic E-state index is 4.82. The summed E-state index contributed by atoms with van der Waals surface area (Å²) >= 11 is 0. The van der Waals surface area contributed by atoms with Crippen molar-refractivity contribution in [2.45, 2.75) is 13.1 Å². The molecule has 3 aromatic carbocycles. The Balaban J connectivity index is 1.79. The third-order valence-corrected chi connectivity index (χ3v) is 4.19. The lowest BCUT2D eigenvalue weighted by Gasteiger charge is -2.40. The van der Waals surface area contributed by atoms with Gasteiger partial charge in [0.25, 0.3) is 0 Å². The van der Waals surface area contributed by atoms with E-state index in [2.05, 4.69) is 31.2 Å².